The van der Waals surface area contributed by atoms with Gasteiger partial charge in [0.25, 0.3) is 5.91 Å². The van der Waals surface area contributed by atoms with Gasteiger partial charge in [0.2, 0.25) is 0 Å². The molecule has 20 heavy (non-hydrogen) atoms. The van der Waals surface area contributed by atoms with Crippen molar-refractivity contribution in [3.8, 4) is 0 Å². The highest BCUT2D eigenvalue weighted by Crippen LogP contribution is 2.22. The van der Waals surface area contributed by atoms with Crippen molar-refractivity contribution in [3.05, 3.63) is 17.5 Å². The van der Waals surface area contributed by atoms with Crippen LogP contribution in [0.25, 0.3) is 0 Å². The molecule has 114 valence electrons. The zero-order valence-electron chi connectivity index (χ0n) is 13.5. The lowest BCUT2D eigenvalue weighted by Gasteiger charge is -2.35. The highest BCUT2D eigenvalue weighted by molar-refractivity contribution is 5.92. The molecule has 1 atom stereocenters. The van der Waals surface area contributed by atoms with Crippen molar-refractivity contribution in [1.82, 2.24) is 15.4 Å². The molecule has 0 radical (unpaired) electrons. The number of amides is 1. The van der Waals surface area contributed by atoms with Gasteiger partial charge in [0, 0.05) is 25.1 Å². The maximum absolute atomic E-state index is 12.1. The molecule has 1 rings (SSSR count). The van der Waals surface area contributed by atoms with E-state index in [4.69, 9.17) is 4.52 Å². The molecule has 0 aliphatic heterocycles. The van der Waals surface area contributed by atoms with E-state index in [1.807, 2.05) is 13.8 Å². The second-order valence-electron chi connectivity index (χ2n) is 6.05. The smallest absolute Gasteiger partial charge is 0.273 e. The molecule has 0 fully saturated rings. The van der Waals surface area contributed by atoms with Gasteiger partial charge in [0.15, 0.2) is 5.69 Å². The number of carbonyl (C=O) groups excluding carboxylic acids is 1. The van der Waals surface area contributed by atoms with E-state index in [1.165, 1.54) is 0 Å². The van der Waals surface area contributed by atoms with Crippen molar-refractivity contribution in [1.29, 1.82) is 0 Å². The third-order valence-electron chi connectivity index (χ3n) is 3.88. The molecule has 0 aliphatic carbocycles. The van der Waals surface area contributed by atoms with Crippen LogP contribution in [-0.4, -0.2) is 42.1 Å². The van der Waals surface area contributed by atoms with Crippen LogP contribution in [0.15, 0.2) is 10.6 Å². The molecule has 1 heterocycles. The second kappa shape index (κ2) is 6.88. The Bertz CT molecular complexity index is 440. The summed E-state index contributed by atoms with van der Waals surface area (Å²) >= 11 is 0. The first-order chi connectivity index (χ1) is 9.30. The van der Waals surface area contributed by atoms with Gasteiger partial charge in [0.05, 0.1) is 0 Å². The van der Waals surface area contributed by atoms with E-state index < -0.39 is 0 Å². The van der Waals surface area contributed by atoms with Crippen molar-refractivity contribution in [2.75, 3.05) is 20.1 Å². The number of aromatic nitrogens is 1. The Labute approximate surface area is 121 Å². The van der Waals surface area contributed by atoms with Crippen LogP contribution >= 0.6 is 0 Å². The summed E-state index contributed by atoms with van der Waals surface area (Å²) in [5, 5.41) is 6.82. The van der Waals surface area contributed by atoms with Gasteiger partial charge < -0.3 is 14.7 Å². The van der Waals surface area contributed by atoms with Crippen LogP contribution in [0.4, 0.5) is 0 Å². The molecule has 5 nitrogen and oxygen atoms in total. The number of hydrogen-bond acceptors (Lipinski definition) is 4. The van der Waals surface area contributed by atoms with Crippen molar-refractivity contribution >= 4 is 5.91 Å². The molecule has 0 spiro atoms. The molecule has 1 amide bonds. The topological polar surface area (TPSA) is 58.4 Å². The lowest BCUT2D eigenvalue weighted by atomic mass is 9.84. The minimum Gasteiger partial charge on any atom is -0.361 e. The molecular formula is C15H27N3O2. The fourth-order valence-electron chi connectivity index (χ4n) is 2.00. The molecule has 0 saturated carbocycles. The Kier molecular flexibility index (Phi) is 5.74. The summed E-state index contributed by atoms with van der Waals surface area (Å²) in [5.74, 6) is 0.556. The molecule has 0 saturated heterocycles. The third-order valence-corrected chi connectivity index (χ3v) is 3.88. The summed E-state index contributed by atoms with van der Waals surface area (Å²) in [6, 6.07) is 1.75. The van der Waals surface area contributed by atoms with Crippen LogP contribution in [0, 0.1) is 5.41 Å². The van der Waals surface area contributed by atoms with Crippen LogP contribution in [0.2, 0.25) is 0 Å². The van der Waals surface area contributed by atoms with E-state index in [0.29, 0.717) is 5.69 Å². The lowest BCUT2D eigenvalue weighted by molar-refractivity contribution is 0.0871. The first-order valence-corrected chi connectivity index (χ1v) is 7.25. The predicted molar refractivity (Wildman–Crippen MR) is 79.8 cm³/mol. The Hall–Kier alpha value is -1.36. The number of rotatable bonds is 7. The van der Waals surface area contributed by atoms with E-state index in [9.17, 15) is 4.79 Å². The number of aryl methyl sites for hydroxylation is 1. The first-order valence-electron chi connectivity index (χ1n) is 7.25. The summed E-state index contributed by atoms with van der Waals surface area (Å²) in [6.45, 7) is 12.4. The van der Waals surface area contributed by atoms with Gasteiger partial charge in [-0.15, -0.1) is 0 Å². The van der Waals surface area contributed by atoms with Crippen LogP contribution < -0.4 is 5.32 Å². The molecule has 0 aliphatic rings. The van der Waals surface area contributed by atoms with Gasteiger partial charge in [-0.1, -0.05) is 32.9 Å². The standard InChI is InChI=1S/C15H27N3O2/c1-7-12-9-13(17-20-12)14(19)16-11(3)15(4,5)10-18(6)8-2/h9,11H,7-8,10H2,1-6H3,(H,16,19). The quantitative estimate of drug-likeness (QED) is 0.833. The Morgan fingerprint density at radius 3 is 2.65 bits per heavy atom. The molecule has 5 heteroatoms. The summed E-state index contributed by atoms with van der Waals surface area (Å²) in [6.07, 6.45) is 0.739. The number of carbonyl (C=O) groups is 1. The zero-order valence-corrected chi connectivity index (χ0v) is 13.5. The van der Waals surface area contributed by atoms with E-state index in [-0.39, 0.29) is 17.4 Å². The van der Waals surface area contributed by atoms with E-state index in [2.05, 4.69) is 43.2 Å². The minimum atomic E-state index is -0.173. The molecule has 1 N–H and O–H groups in total. The van der Waals surface area contributed by atoms with Crippen LogP contribution in [0.1, 0.15) is 50.9 Å². The summed E-state index contributed by atoms with van der Waals surface area (Å²) in [5.41, 5.74) is 0.339. The van der Waals surface area contributed by atoms with Gasteiger partial charge in [-0.05, 0) is 25.9 Å². The average molecular weight is 281 g/mol. The maximum Gasteiger partial charge on any atom is 0.273 e. The van der Waals surface area contributed by atoms with E-state index in [1.54, 1.807) is 6.07 Å². The van der Waals surface area contributed by atoms with Gasteiger partial charge in [0.1, 0.15) is 5.76 Å². The van der Waals surface area contributed by atoms with Crippen molar-refractivity contribution < 1.29 is 9.32 Å². The van der Waals surface area contributed by atoms with Gasteiger partial charge in [-0.25, -0.2) is 0 Å². The largest absolute Gasteiger partial charge is 0.361 e. The third kappa shape index (κ3) is 4.34. The number of hydrogen-bond donors (Lipinski definition) is 1. The molecule has 0 aromatic carbocycles. The lowest BCUT2D eigenvalue weighted by Crippen LogP contribution is -2.48. The van der Waals surface area contributed by atoms with Crippen LogP contribution in [-0.2, 0) is 6.42 Å². The van der Waals surface area contributed by atoms with Crippen LogP contribution in [0.5, 0.6) is 0 Å². The van der Waals surface area contributed by atoms with Crippen LogP contribution in [0.3, 0.4) is 0 Å². The molecule has 1 aromatic rings. The maximum atomic E-state index is 12.1. The second-order valence-corrected chi connectivity index (χ2v) is 6.05. The fourth-order valence-corrected chi connectivity index (χ4v) is 2.00. The summed E-state index contributed by atoms with van der Waals surface area (Å²) < 4.78 is 5.07. The SMILES string of the molecule is CCc1cc(C(=O)NC(C)C(C)(C)CN(C)CC)no1. The minimum absolute atomic E-state index is 0.0161. The number of nitrogens with zero attached hydrogens (tertiary/aromatic N) is 2. The molecule has 0 bridgehead atoms. The van der Waals surface area contributed by atoms with E-state index in [0.717, 1.165) is 25.3 Å². The Morgan fingerprint density at radius 1 is 1.50 bits per heavy atom. The fraction of sp³-hybridized carbons (Fsp3) is 0.733. The highest BCUT2D eigenvalue weighted by Gasteiger charge is 2.29. The average Bonchev–Trinajstić information content (AvgIpc) is 2.86. The predicted octanol–water partition coefficient (Wildman–Crippen LogP) is 2.33. The number of nitrogens with one attached hydrogen (secondary N) is 1. The van der Waals surface area contributed by atoms with Crippen molar-refractivity contribution in [2.24, 2.45) is 5.41 Å². The van der Waals surface area contributed by atoms with Gasteiger partial charge in [-0.3, -0.25) is 4.79 Å². The Morgan fingerprint density at radius 2 is 2.15 bits per heavy atom. The molecular weight excluding hydrogens is 254 g/mol. The van der Waals surface area contributed by atoms with Crippen molar-refractivity contribution in [3.63, 3.8) is 0 Å². The van der Waals surface area contributed by atoms with E-state index >= 15 is 0 Å². The summed E-state index contributed by atoms with van der Waals surface area (Å²) in [7, 11) is 2.08. The zero-order chi connectivity index (χ0) is 15.3. The molecule has 1 aromatic heterocycles. The highest BCUT2D eigenvalue weighted by atomic mass is 16.5. The van der Waals surface area contributed by atoms with Gasteiger partial charge >= 0.3 is 0 Å². The van der Waals surface area contributed by atoms with Crippen molar-refractivity contribution in [2.45, 2.75) is 47.1 Å². The Balaban J connectivity index is 2.64. The van der Waals surface area contributed by atoms with Gasteiger partial charge in [-0.2, -0.15) is 0 Å². The summed E-state index contributed by atoms with van der Waals surface area (Å²) in [4.78, 5) is 14.4. The normalized spacial score (nSPS) is 13.6. The first kappa shape index (κ1) is 16.7. The molecule has 1 unspecified atom stereocenters. The monoisotopic (exact) mass is 281 g/mol.